The lowest BCUT2D eigenvalue weighted by Crippen LogP contribution is -2.30. The van der Waals surface area contributed by atoms with E-state index in [1.807, 2.05) is 6.92 Å². The molecule has 9 heteroatoms. The maximum absolute atomic E-state index is 13.2. The first-order chi connectivity index (χ1) is 13.2. The molecule has 0 fully saturated rings. The SMILES string of the molecule is CCNc1ccc(S(=O)(=O)N(CC)CC)cc1NC(=O)c1ccc(F)cc1Cl. The standard InChI is InChI=1S/C19H23ClFN3O3S/c1-4-22-17-10-8-14(28(26,27)24(5-2)6-3)12-18(17)23-19(25)15-9-7-13(21)11-16(15)20/h7-12,22H,4-6H2,1-3H3,(H,23,25). The van der Waals surface area contributed by atoms with Crippen LogP contribution in [-0.2, 0) is 10.0 Å². The summed E-state index contributed by atoms with van der Waals surface area (Å²) in [5, 5.41) is 5.71. The van der Waals surface area contributed by atoms with Gasteiger partial charge in [-0.15, -0.1) is 0 Å². The van der Waals surface area contributed by atoms with Gasteiger partial charge in [-0.05, 0) is 43.3 Å². The molecule has 0 aliphatic rings. The molecule has 0 heterocycles. The number of nitrogens with zero attached hydrogens (tertiary/aromatic N) is 1. The minimum Gasteiger partial charge on any atom is -0.384 e. The molecule has 28 heavy (non-hydrogen) atoms. The number of rotatable bonds is 8. The molecular weight excluding hydrogens is 405 g/mol. The Morgan fingerprint density at radius 1 is 1.07 bits per heavy atom. The van der Waals surface area contributed by atoms with Crippen molar-refractivity contribution >= 4 is 38.9 Å². The van der Waals surface area contributed by atoms with Crippen molar-refractivity contribution in [3.63, 3.8) is 0 Å². The number of benzene rings is 2. The normalized spacial score (nSPS) is 11.5. The minimum atomic E-state index is -3.69. The number of hydrogen-bond acceptors (Lipinski definition) is 4. The van der Waals surface area contributed by atoms with Crippen molar-refractivity contribution < 1.29 is 17.6 Å². The van der Waals surface area contributed by atoms with Gasteiger partial charge in [0, 0.05) is 19.6 Å². The zero-order valence-corrected chi connectivity index (χ0v) is 17.5. The molecule has 152 valence electrons. The lowest BCUT2D eigenvalue weighted by Gasteiger charge is -2.20. The summed E-state index contributed by atoms with van der Waals surface area (Å²) >= 11 is 5.96. The summed E-state index contributed by atoms with van der Waals surface area (Å²) in [6, 6.07) is 7.95. The van der Waals surface area contributed by atoms with Crippen molar-refractivity contribution in [3.05, 3.63) is 52.8 Å². The monoisotopic (exact) mass is 427 g/mol. The van der Waals surface area contributed by atoms with Crippen LogP contribution in [0.15, 0.2) is 41.3 Å². The number of halogens is 2. The van der Waals surface area contributed by atoms with Crippen molar-refractivity contribution in [2.24, 2.45) is 0 Å². The Bertz CT molecular complexity index is 963. The highest BCUT2D eigenvalue weighted by atomic mass is 35.5. The molecule has 0 saturated heterocycles. The zero-order valence-electron chi connectivity index (χ0n) is 15.9. The van der Waals surface area contributed by atoms with Crippen LogP contribution in [0.5, 0.6) is 0 Å². The minimum absolute atomic E-state index is 0.0329. The molecule has 0 saturated carbocycles. The second-order valence-electron chi connectivity index (χ2n) is 5.91. The van der Waals surface area contributed by atoms with E-state index in [4.69, 9.17) is 11.6 Å². The van der Waals surface area contributed by atoms with Gasteiger partial charge >= 0.3 is 0 Å². The van der Waals surface area contributed by atoms with Gasteiger partial charge < -0.3 is 10.6 Å². The second-order valence-corrected chi connectivity index (χ2v) is 8.25. The van der Waals surface area contributed by atoms with Crippen LogP contribution in [0.1, 0.15) is 31.1 Å². The summed E-state index contributed by atoms with van der Waals surface area (Å²) in [5.41, 5.74) is 0.940. The average Bonchev–Trinajstić information content (AvgIpc) is 2.63. The Labute approximate surface area is 169 Å². The molecule has 2 aromatic rings. The molecule has 2 aromatic carbocycles. The fraction of sp³-hybridized carbons (Fsp3) is 0.316. The molecule has 0 unspecified atom stereocenters. The van der Waals surface area contributed by atoms with E-state index in [1.165, 1.54) is 22.5 Å². The van der Waals surface area contributed by atoms with Crippen LogP contribution in [0, 0.1) is 5.82 Å². The fourth-order valence-corrected chi connectivity index (χ4v) is 4.45. The van der Waals surface area contributed by atoms with Crippen LogP contribution in [0.2, 0.25) is 5.02 Å². The summed E-state index contributed by atoms with van der Waals surface area (Å²) in [6.07, 6.45) is 0. The van der Waals surface area contributed by atoms with Crippen LogP contribution in [-0.4, -0.2) is 38.3 Å². The molecule has 1 amide bonds. The molecule has 0 aromatic heterocycles. The van der Waals surface area contributed by atoms with E-state index < -0.39 is 21.7 Å². The first kappa shape index (κ1) is 22.1. The van der Waals surface area contributed by atoms with Crippen LogP contribution in [0.3, 0.4) is 0 Å². The van der Waals surface area contributed by atoms with Crippen molar-refractivity contribution in [1.82, 2.24) is 4.31 Å². The Hall–Kier alpha value is -2.16. The lowest BCUT2D eigenvalue weighted by molar-refractivity contribution is 0.102. The van der Waals surface area contributed by atoms with Gasteiger partial charge in [-0.2, -0.15) is 4.31 Å². The predicted molar refractivity (Wildman–Crippen MR) is 110 cm³/mol. The van der Waals surface area contributed by atoms with Crippen molar-refractivity contribution in [3.8, 4) is 0 Å². The van der Waals surface area contributed by atoms with E-state index in [1.54, 1.807) is 19.9 Å². The molecule has 0 aliphatic carbocycles. The molecule has 0 aliphatic heterocycles. The third-order valence-electron chi connectivity index (χ3n) is 4.13. The summed E-state index contributed by atoms with van der Waals surface area (Å²) in [6.45, 7) is 6.63. The average molecular weight is 428 g/mol. The number of sulfonamides is 1. The van der Waals surface area contributed by atoms with Crippen LogP contribution < -0.4 is 10.6 Å². The quantitative estimate of drug-likeness (QED) is 0.662. The summed E-state index contributed by atoms with van der Waals surface area (Å²) < 4.78 is 40.1. The molecule has 6 nitrogen and oxygen atoms in total. The van der Waals surface area contributed by atoms with E-state index in [0.717, 1.165) is 12.1 Å². The van der Waals surface area contributed by atoms with Gasteiger partial charge in [-0.3, -0.25) is 4.79 Å². The highest BCUT2D eigenvalue weighted by molar-refractivity contribution is 7.89. The van der Waals surface area contributed by atoms with Gasteiger partial charge in [0.1, 0.15) is 5.82 Å². The highest BCUT2D eigenvalue weighted by Gasteiger charge is 2.23. The van der Waals surface area contributed by atoms with Gasteiger partial charge in [0.05, 0.1) is 26.9 Å². The van der Waals surface area contributed by atoms with Crippen molar-refractivity contribution in [2.45, 2.75) is 25.7 Å². The lowest BCUT2D eigenvalue weighted by atomic mass is 10.2. The van der Waals surface area contributed by atoms with Crippen LogP contribution in [0.25, 0.3) is 0 Å². The van der Waals surface area contributed by atoms with E-state index in [0.29, 0.717) is 31.0 Å². The number of amides is 1. The maximum Gasteiger partial charge on any atom is 0.257 e. The van der Waals surface area contributed by atoms with E-state index >= 15 is 0 Å². The summed E-state index contributed by atoms with van der Waals surface area (Å²) in [7, 11) is -3.69. The third-order valence-corrected chi connectivity index (χ3v) is 6.48. The van der Waals surface area contributed by atoms with Crippen molar-refractivity contribution in [1.29, 1.82) is 0 Å². The van der Waals surface area contributed by atoms with Gasteiger partial charge in [0.15, 0.2) is 0 Å². The van der Waals surface area contributed by atoms with Crippen LogP contribution in [0.4, 0.5) is 15.8 Å². The maximum atomic E-state index is 13.2. The van der Waals surface area contributed by atoms with Crippen molar-refractivity contribution in [2.75, 3.05) is 30.3 Å². The number of carbonyl (C=O) groups excluding carboxylic acids is 1. The Morgan fingerprint density at radius 3 is 2.32 bits per heavy atom. The molecule has 0 bridgehead atoms. The Kier molecular flexibility index (Phi) is 7.40. The van der Waals surface area contributed by atoms with Gasteiger partial charge in [-0.1, -0.05) is 25.4 Å². The number of hydrogen-bond donors (Lipinski definition) is 2. The topological polar surface area (TPSA) is 78.5 Å². The first-order valence-corrected chi connectivity index (χ1v) is 10.7. The summed E-state index contributed by atoms with van der Waals surface area (Å²) in [5.74, 6) is -1.12. The fourth-order valence-electron chi connectivity index (χ4n) is 2.71. The number of carbonyl (C=O) groups is 1. The summed E-state index contributed by atoms with van der Waals surface area (Å²) in [4.78, 5) is 12.7. The van der Waals surface area contributed by atoms with Gasteiger partial charge in [0.2, 0.25) is 10.0 Å². The molecule has 2 rings (SSSR count). The van der Waals surface area contributed by atoms with E-state index in [-0.39, 0.29) is 15.5 Å². The molecule has 2 N–H and O–H groups in total. The largest absolute Gasteiger partial charge is 0.384 e. The van der Waals surface area contributed by atoms with E-state index in [2.05, 4.69) is 10.6 Å². The highest BCUT2D eigenvalue weighted by Crippen LogP contribution is 2.28. The van der Waals surface area contributed by atoms with E-state index in [9.17, 15) is 17.6 Å². The Morgan fingerprint density at radius 2 is 1.75 bits per heavy atom. The molecule has 0 spiro atoms. The van der Waals surface area contributed by atoms with Gasteiger partial charge in [-0.25, -0.2) is 12.8 Å². The smallest absolute Gasteiger partial charge is 0.257 e. The number of anilines is 2. The number of nitrogens with one attached hydrogen (secondary N) is 2. The molecule has 0 atom stereocenters. The zero-order chi connectivity index (χ0) is 20.9. The molecular formula is C19H23ClFN3O3S. The molecule has 0 radical (unpaired) electrons. The third kappa shape index (κ3) is 4.81. The second kappa shape index (κ2) is 9.36. The van der Waals surface area contributed by atoms with Crippen LogP contribution >= 0.6 is 11.6 Å². The predicted octanol–water partition coefficient (Wildman–Crippen LogP) is 4.19. The Balaban J connectivity index is 2.45. The van der Waals surface area contributed by atoms with Gasteiger partial charge in [0.25, 0.3) is 5.91 Å². The first-order valence-electron chi connectivity index (χ1n) is 8.89.